The lowest BCUT2D eigenvalue weighted by molar-refractivity contribution is -0.177. The number of alkyl halides is 1. The number of ether oxygens (including phenoxy) is 3. The largest absolute Gasteiger partial charge is 0.494 e. The van der Waals surface area contributed by atoms with E-state index in [1.807, 2.05) is 23.0 Å². The van der Waals surface area contributed by atoms with Crippen molar-refractivity contribution >= 4 is 29.0 Å². The molecule has 1 spiro atoms. The molecular weight excluding hydrogens is 507 g/mol. The number of nitrogens with zero attached hydrogens (tertiary/aromatic N) is 3. The summed E-state index contributed by atoms with van der Waals surface area (Å²) in [6, 6.07) is 6.94. The number of nitrogens with two attached hydrogens (primary N) is 1. The van der Waals surface area contributed by atoms with Crippen molar-refractivity contribution in [1.29, 1.82) is 0 Å². The highest BCUT2D eigenvalue weighted by atomic mass is 19.1. The van der Waals surface area contributed by atoms with Crippen LogP contribution in [-0.4, -0.2) is 58.4 Å². The number of hydrogen-bond acceptors (Lipinski definition) is 8. The monoisotopic (exact) mass is 536 g/mol. The molecule has 4 N–H and O–H groups in total. The minimum Gasteiger partial charge on any atom is -0.494 e. The number of pyridine rings is 1. The van der Waals surface area contributed by atoms with Gasteiger partial charge in [0.1, 0.15) is 17.6 Å². The van der Waals surface area contributed by atoms with Gasteiger partial charge in [0.15, 0.2) is 11.5 Å². The Kier molecular flexibility index (Phi) is 6.23. The maximum absolute atomic E-state index is 14.2. The molecule has 1 unspecified atom stereocenters. The van der Waals surface area contributed by atoms with Gasteiger partial charge in [-0.05, 0) is 31.7 Å². The zero-order chi connectivity index (χ0) is 27.2. The summed E-state index contributed by atoms with van der Waals surface area (Å²) < 4.78 is 33.8. The first-order valence-corrected chi connectivity index (χ1v) is 12.9. The number of benzene rings is 1. The second-order valence-electron chi connectivity index (χ2n) is 10.0. The third-order valence-corrected chi connectivity index (χ3v) is 7.51. The van der Waals surface area contributed by atoms with Crippen molar-refractivity contribution in [2.45, 2.75) is 49.6 Å². The van der Waals surface area contributed by atoms with Gasteiger partial charge in [0.05, 0.1) is 43.5 Å². The van der Waals surface area contributed by atoms with Crippen molar-refractivity contribution in [2.24, 2.45) is 5.73 Å². The summed E-state index contributed by atoms with van der Waals surface area (Å²) in [5.74, 6) is -1.51. The van der Waals surface area contributed by atoms with Crippen molar-refractivity contribution < 1.29 is 28.2 Å². The Hall–Kier alpha value is -4.03. The summed E-state index contributed by atoms with van der Waals surface area (Å²) >= 11 is 0. The maximum Gasteiger partial charge on any atom is 0.263 e. The first-order chi connectivity index (χ1) is 18.8. The summed E-state index contributed by atoms with van der Waals surface area (Å²) in [6.07, 6.45) is 8.02. The average Bonchev–Trinajstić information content (AvgIpc) is 3.30. The van der Waals surface area contributed by atoms with Gasteiger partial charge in [-0.25, -0.2) is 9.37 Å². The normalized spacial score (nSPS) is 20.6. The molecular formula is C27H29FN6O5. The van der Waals surface area contributed by atoms with Crippen LogP contribution >= 0.6 is 0 Å². The molecule has 204 valence electrons. The minimum atomic E-state index is -1.87. The van der Waals surface area contributed by atoms with Crippen LogP contribution in [0.15, 0.2) is 42.9 Å². The van der Waals surface area contributed by atoms with Crippen LogP contribution in [0.5, 0.6) is 5.75 Å². The lowest BCUT2D eigenvalue weighted by Gasteiger charge is -2.29. The number of carbonyl (C=O) groups is 2. The van der Waals surface area contributed by atoms with Gasteiger partial charge in [0, 0.05) is 36.0 Å². The molecule has 1 aliphatic heterocycles. The highest BCUT2D eigenvalue weighted by Gasteiger charge is 2.51. The van der Waals surface area contributed by atoms with E-state index in [-0.39, 0.29) is 36.0 Å². The fourth-order valence-corrected chi connectivity index (χ4v) is 5.33. The number of para-hydroxylation sites is 1. The van der Waals surface area contributed by atoms with Gasteiger partial charge in [0.25, 0.3) is 11.8 Å². The molecule has 1 saturated heterocycles. The molecule has 3 aliphatic rings. The fraction of sp³-hybridized carbons (Fsp3) is 0.407. The number of anilines is 3. The summed E-state index contributed by atoms with van der Waals surface area (Å²) in [5.41, 5.74) is 6.22. The zero-order valence-corrected chi connectivity index (χ0v) is 21.4. The molecule has 3 heterocycles. The van der Waals surface area contributed by atoms with Crippen LogP contribution in [0.2, 0.25) is 0 Å². The van der Waals surface area contributed by atoms with Gasteiger partial charge in [-0.1, -0.05) is 12.1 Å². The van der Waals surface area contributed by atoms with Crippen LogP contribution in [0.4, 0.5) is 21.6 Å². The van der Waals surface area contributed by atoms with Crippen LogP contribution < -0.4 is 21.1 Å². The molecule has 2 saturated carbocycles. The van der Waals surface area contributed by atoms with Crippen molar-refractivity contribution in [3.8, 4) is 16.9 Å². The van der Waals surface area contributed by atoms with Gasteiger partial charge >= 0.3 is 0 Å². The molecule has 1 aromatic carbocycles. The van der Waals surface area contributed by atoms with E-state index < -0.39 is 23.3 Å². The van der Waals surface area contributed by atoms with Gasteiger partial charge in [0.2, 0.25) is 0 Å². The average molecular weight is 537 g/mol. The van der Waals surface area contributed by atoms with Gasteiger partial charge in [-0.3, -0.25) is 14.3 Å². The molecule has 1 atom stereocenters. The lowest BCUT2D eigenvalue weighted by atomic mass is 10.1. The summed E-state index contributed by atoms with van der Waals surface area (Å²) in [5, 5.41) is 10.3. The molecule has 39 heavy (non-hydrogen) atoms. The standard InChI is InChI=1S/C27H29FN6O5/c1-37-23-17(16-13-31-34(15-16)21-6-3-7-27(21)38-10-11-39-27)4-2-5-19(23)32-20-12-22(30-14-18(20)24(29)35)33-25(36)26(28)8-9-26/h2,4-5,12-15,21H,3,6-11H2,1H3,(H2,29,35)(H2,30,32,33,36). The van der Waals surface area contributed by atoms with E-state index in [1.54, 1.807) is 19.4 Å². The number of halogens is 1. The summed E-state index contributed by atoms with van der Waals surface area (Å²) in [6.45, 7) is 1.16. The SMILES string of the molecule is COc1c(Nc2cc(NC(=O)C3(F)CC3)ncc2C(N)=O)cccc1-c1cnn(C2CCCC23OCCO3)c1. The van der Waals surface area contributed by atoms with E-state index in [9.17, 15) is 14.0 Å². The maximum atomic E-state index is 14.2. The molecule has 0 radical (unpaired) electrons. The molecule has 2 aliphatic carbocycles. The van der Waals surface area contributed by atoms with Crippen molar-refractivity contribution in [1.82, 2.24) is 14.8 Å². The Morgan fingerprint density at radius 1 is 1.18 bits per heavy atom. The molecule has 2 amide bonds. The number of amides is 2. The number of nitrogens with one attached hydrogen (secondary N) is 2. The van der Waals surface area contributed by atoms with E-state index in [0.29, 0.717) is 24.7 Å². The second-order valence-corrected chi connectivity index (χ2v) is 10.0. The number of hydrogen-bond donors (Lipinski definition) is 3. The molecule has 3 fully saturated rings. The number of methoxy groups -OCH3 is 1. The second kappa shape index (κ2) is 9.62. The molecule has 3 aromatic rings. The third-order valence-electron chi connectivity index (χ3n) is 7.51. The van der Waals surface area contributed by atoms with Crippen LogP contribution in [0.1, 0.15) is 48.5 Å². The van der Waals surface area contributed by atoms with Crippen LogP contribution in [-0.2, 0) is 14.3 Å². The zero-order valence-electron chi connectivity index (χ0n) is 21.4. The van der Waals surface area contributed by atoms with Crippen molar-refractivity contribution in [3.63, 3.8) is 0 Å². The topological polar surface area (TPSA) is 143 Å². The first-order valence-electron chi connectivity index (χ1n) is 12.9. The third kappa shape index (κ3) is 4.59. The number of primary amides is 1. The fourth-order valence-electron chi connectivity index (χ4n) is 5.33. The Balaban J connectivity index is 1.30. The lowest BCUT2D eigenvalue weighted by Crippen LogP contribution is -2.36. The summed E-state index contributed by atoms with van der Waals surface area (Å²) in [7, 11) is 1.55. The molecule has 0 bridgehead atoms. The van der Waals surface area contributed by atoms with E-state index >= 15 is 0 Å². The van der Waals surface area contributed by atoms with E-state index in [4.69, 9.17) is 19.9 Å². The van der Waals surface area contributed by atoms with E-state index in [1.165, 1.54) is 12.3 Å². The van der Waals surface area contributed by atoms with Crippen LogP contribution in [0.3, 0.4) is 0 Å². The predicted octanol–water partition coefficient (Wildman–Crippen LogP) is 3.70. The van der Waals surface area contributed by atoms with Gasteiger partial charge in [-0.2, -0.15) is 5.10 Å². The molecule has 12 heteroatoms. The predicted molar refractivity (Wildman–Crippen MR) is 139 cm³/mol. The van der Waals surface area contributed by atoms with E-state index in [0.717, 1.165) is 30.4 Å². The first kappa shape index (κ1) is 25.3. The Labute approximate surface area is 223 Å². The Morgan fingerprint density at radius 3 is 2.69 bits per heavy atom. The minimum absolute atomic E-state index is 0.0243. The van der Waals surface area contributed by atoms with Gasteiger partial charge in [-0.15, -0.1) is 0 Å². The Bertz CT molecular complexity index is 1430. The number of carbonyl (C=O) groups excluding carboxylic acids is 2. The summed E-state index contributed by atoms with van der Waals surface area (Å²) in [4.78, 5) is 28.4. The van der Waals surface area contributed by atoms with Crippen molar-refractivity contribution in [3.05, 3.63) is 48.4 Å². The number of aromatic nitrogens is 3. The number of rotatable bonds is 8. The quantitative estimate of drug-likeness (QED) is 0.396. The molecule has 2 aromatic heterocycles. The smallest absolute Gasteiger partial charge is 0.263 e. The van der Waals surface area contributed by atoms with Crippen LogP contribution in [0, 0.1) is 0 Å². The molecule has 11 nitrogen and oxygen atoms in total. The Morgan fingerprint density at radius 2 is 1.97 bits per heavy atom. The highest BCUT2D eigenvalue weighted by molar-refractivity contribution is 6.02. The van der Waals surface area contributed by atoms with Crippen molar-refractivity contribution in [2.75, 3.05) is 31.0 Å². The van der Waals surface area contributed by atoms with E-state index in [2.05, 4.69) is 20.7 Å². The molecule has 6 rings (SSSR count). The van der Waals surface area contributed by atoms with Gasteiger partial charge < -0.3 is 30.6 Å². The highest BCUT2D eigenvalue weighted by Crippen LogP contribution is 2.46. The van der Waals surface area contributed by atoms with Crippen LogP contribution in [0.25, 0.3) is 11.1 Å².